The van der Waals surface area contributed by atoms with E-state index in [2.05, 4.69) is 11.1 Å². The molecule has 9 heteroatoms. The van der Waals surface area contributed by atoms with Crippen LogP contribution in [-0.4, -0.2) is 37.7 Å². The number of unbranched alkanes of at least 4 members (excludes halogenated alkanes) is 1. The Balaban J connectivity index is 0.00000289. The van der Waals surface area contributed by atoms with Crippen molar-refractivity contribution in [2.75, 3.05) is 12.3 Å². The number of amides is 2. The second-order valence-corrected chi connectivity index (χ2v) is 9.21. The molecule has 0 spiro atoms. The topological polar surface area (TPSA) is 54.7 Å². The predicted octanol–water partition coefficient (Wildman–Crippen LogP) is 5.98. The normalized spacial score (nSPS) is 15.0. The monoisotopic (exact) mass is 491 g/mol. The van der Waals surface area contributed by atoms with Crippen LogP contribution < -0.4 is 0 Å². The lowest BCUT2D eigenvalue weighted by Crippen LogP contribution is -2.29. The molecule has 1 aromatic carbocycles. The molecule has 3 heterocycles. The number of halogens is 2. The van der Waals surface area contributed by atoms with Crippen LogP contribution in [0, 0.1) is 5.82 Å². The average molecular weight is 492 g/mol. The maximum atomic E-state index is 13.7. The molecule has 168 valence electrons. The molecule has 1 fully saturated rings. The van der Waals surface area contributed by atoms with E-state index in [1.807, 2.05) is 22.7 Å². The summed E-state index contributed by atoms with van der Waals surface area (Å²) in [6.45, 7) is 0.422. The highest BCUT2D eigenvalue weighted by atomic mass is 35.5. The van der Waals surface area contributed by atoms with E-state index < -0.39 is 0 Å². The molecular weight excluding hydrogens is 469 g/mol. The lowest BCUT2D eigenvalue weighted by atomic mass is 10.1. The third-order valence-electron chi connectivity index (χ3n) is 4.99. The molecule has 1 saturated heterocycles. The van der Waals surface area contributed by atoms with Gasteiger partial charge in [-0.1, -0.05) is 30.3 Å². The number of carbonyl (C=O) groups is 2. The number of thioether (sulfide) groups is 2. The standard InChI is InChI=1S/C23H22FN3O2S2.ClH/c24-18-9-2-1-7-17(18)8-5-10-19-22(28)27(23(29)31-19)14-3-4-16-30-21-12-6-11-20-25-13-15-26(20)21;/h1-2,6-7,9-13,15H,3-5,8,14,16H2;1H/b19-10+;. The van der Waals surface area contributed by atoms with Gasteiger partial charge in [-0.05, 0) is 67.0 Å². The summed E-state index contributed by atoms with van der Waals surface area (Å²) in [7, 11) is 0. The number of allylic oxidation sites excluding steroid dienone is 1. The molecule has 1 aliphatic rings. The quantitative estimate of drug-likeness (QED) is 0.209. The number of nitrogens with zero attached hydrogens (tertiary/aromatic N) is 3. The number of imidazole rings is 1. The smallest absolute Gasteiger partial charge is 0.293 e. The van der Waals surface area contributed by atoms with Crippen molar-refractivity contribution in [3.05, 3.63) is 77.2 Å². The van der Waals surface area contributed by atoms with E-state index in [9.17, 15) is 14.0 Å². The minimum atomic E-state index is -0.244. The molecule has 2 aromatic heterocycles. The van der Waals surface area contributed by atoms with Crippen molar-refractivity contribution in [2.24, 2.45) is 0 Å². The molecule has 3 aromatic rings. The van der Waals surface area contributed by atoms with Gasteiger partial charge in [-0.2, -0.15) is 0 Å². The molecule has 5 nitrogen and oxygen atoms in total. The molecular formula is C23H23ClFN3O2S2. The van der Waals surface area contributed by atoms with Crippen LogP contribution in [0.2, 0.25) is 0 Å². The highest BCUT2D eigenvalue weighted by Crippen LogP contribution is 2.31. The summed E-state index contributed by atoms with van der Waals surface area (Å²) in [5.41, 5.74) is 1.53. The fraction of sp³-hybridized carbons (Fsp3) is 0.261. The van der Waals surface area contributed by atoms with Crippen molar-refractivity contribution >= 4 is 52.7 Å². The molecule has 0 atom stereocenters. The molecule has 0 unspecified atom stereocenters. The van der Waals surface area contributed by atoms with Crippen molar-refractivity contribution in [1.82, 2.24) is 14.3 Å². The van der Waals surface area contributed by atoms with Crippen molar-refractivity contribution < 1.29 is 14.0 Å². The molecule has 0 aliphatic carbocycles. The Morgan fingerprint density at radius 2 is 1.94 bits per heavy atom. The van der Waals surface area contributed by atoms with Gasteiger partial charge in [0.2, 0.25) is 0 Å². The third-order valence-corrected chi connectivity index (χ3v) is 7.07. The summed E-state index contributed by atoms with van der Waals surface area (Å²) in [6, 6.07) is 12.6. The van der Waals surface area contributed by atoms with Gasteiger partial charge in [-0.25, -0.2) is 9.37 Å². The first-order chi connectivity index (χ1) is 15.1. The van der Waals surface area contributed by atoms with Gasteiger partial charge in [0, 0.05) is 18.9 Å². The highest BCUT2D eigenvalue weighted by Gasteiger charge is 2.34. The first-order valence-electron chi connectivity index (χ1n) is 10.2. The Kier molecular flexibility index (Phi) is 8.78. The zero-order valence-electron chi connectivity index (χ0n) is 17.3. The number of aryl methyl sites for hydroxylation is 1. The van der Waals surface area contributed by atoms with Crippen molar-refractivity contribution in [1.29, 1.82) is 0 Å². The van der Waals surface area contributed by atoms with Crippen LogP contribution in [-0.2, 0) is 11.2 Å². The zero-order chi connectivity index (χ0) is 21.6. The number of pyridine rings is 1. The van der Waals surface area contributed by atoms with Gasteiger partial charge in [-0.3, -0.25) is 18.9 Å². The predicted molar refractivity (Wildman–Crippen MR) is 130 cm³/mol. The number of aromatic nitrogens is 2. The molecule has 0 N–H and O–H groups in total. The van der Waals surface area contributed by atoms with Crippen molar-refractivity contribution in [3.63, 3.8) is 0 Å². The molecule has 0 radical (unpaired) electrons. The Hall–Kier alpha value is -2.29. The fourth-order valence-corrected chi connectivity index (χ4v) is 5.28. The lowest BCUT2D eigenvalue weighted by molar-refractivity contribution is -0.122. The number of imide groups is 1. The number of rotatable bonds is 9. The van der Waals surface area contributed by atoms with E-state index in [0.717, 1.165) is 41.0 Å². The van der Waals surface area contributed by atoms with Gasteiger partial charge in [0.15, 0.2) is 0 Å². The maximum Gasteiger partial charge on any atom is 0.293 e. The summed E-state index contributed by atoms with van der Waals surface area (Å²) in [5.74, 6) is 0.414. The molecule has 2 amide bonds. The second kappa shape index (κ2) is 11.5. The van der Waals surface area contributed by atoms with Crippen molar-refractivity contribution in [2.45, 2.75) is 30.7 Å². The van der Waals surface area contributed by atoms with Gasteiger partial charge in [0.25, 0.3) is 11.1 Å². The number of benzene rings is 1. The summed E-state index contributed by atoms with van der Waals surface area (Å²) >= 11 is 2.71. The molecule has 0 bridgehead atoms. The highest BCUT2D eigenvalue weighted by molar-refractivity contribution is 8.18. The Morgan fingerprint density at radius 3 is 2.78 bits per heavy atom. The van der Waals surface area contributed by atoms with E-state index in [1.165, 1.54) is 11.0 Å². The number of carbonyl (C=O) groups excluding carboxylic acids is 2. The van der Waals surface area contributed by atoms with Crippen LogP contribution in [0.5, 0.6) is 0 Å². The summed E-state index contributed by atoms with van der Waals surface area (Å²) in [4.78, 5) is 30.8. The van der Waals surface area contributed by atoms with Gasteiger partial charge in [0.05, 0.1) is 9.93 Å². The third kappa shape index (κ3) is 5.74. The first kappa shape index (κ1) is 24.4. The first-order valence-corrected chi connectivity index (χ1v) is 12.0. The average Bonchev–Trinajstić information content (AvgIpc) is 3.35. The molecule has 4 rings (SSSR count). The van der Waals surface area contributed by atoms with Crippen LogP contribution in [0.1, 0.15) is 24.8 Å². The van der Waals surface area contributed by atoms with Crippen LogP contribution in [0.3, 0.4) is 0 Å². The molecule has 1 aliphatic heterocycles. The number of fused-ring (bicyclic) bond motifs is 1. The summed E-state index contributed by atoms with van der Waals surface area (Å²) in [6.07, 6.45) is 8.14. The summed E-state index contributed by atoms with van der Waals surface area (Å²) in [5, 5.41) is 0.900. The Labute approximate surface area is 200 Å². The minimum absolute atomic E-state index is 0. The fourth-order valence-electron chi connectivity index (χ4n) is 3.38. The van der Waals surface area contributed by atoms with Crippen LogP contribution >= 0.6 is 35.9 Å². The van der Waals surface area contributed by atoms with E-state index in [-0.39, 0.29) is 29.4 Å². The molecule has 32 heavy (non-hydrogen) atoms. The minimum Gasteiger partial charge on any atom is -0.294 e. The van der Waals surface area contributed by atoms with Crippen LogP contribution in [0.15, 0.2) is 70.9 Å². The van der Waals surface area contributed by atoms with Gasteiger partial charge < -0.3 is 0 Å². The number of hydrogen-bond donors (Lipinski definition) is 0. The number of hydrogen-bond acceptors (Lipinski definition) is 5. The van der Waals surface area contributed by atoms with E-state index in [1.54, 1.807) is 42.2 Å². The lowest BCUT2D eigenvalue weighted by Gasteiger charge is -2.12. The van der Waals surface area contributed by atoms with Crippen LogP contribution in [0.4, 0.5) is 9.18 Å². The Bertz CT molecular complexity index is 1140. The van der Waals surface area contributed by atoms with Crippen molar-refractivity contribution in [3.8, 4) is 0 Å². The van der Waals surface area contributed by atoms with Gasteiger partial charge in [0.1, 0.15) is 11.5 Å². The van der Waals surface area contributed by atoms with E-state index in [4.69, 9.17) is 0 Å². The second-order valence-electron chi connectivity index (χ2n) is 7.10. The van der Waals surface area contributed by atoms with E-state index in [0.29, 0.717) is 29.9 Å². The van der Waals surface area contributed by atoms with Gasteiger partial charge in [-0.15, -0.1) is 24.2 Å². The van der Waals surface area contributed by atoms with E-state index >= 15 is 0 Å². The zero-order valence-corrected chi connectivity index (χ0v) is 19.7. The van der Waals surface area contributed by atoms with Gasteiger partial charge >= 0.3 is 0 Å². The maximum absolute atomic E-state index is 13.7. The SMILES string of the molecule is Cl.O=C1S/C(=C/CCc2ccccc2F)C(=O)N1CCCCSc1cccc2nccn12. The summed E-state index contributed by atoms with van der Waals surface area (Å²) < 4.78 is 15.7. The molecule has 0 saturated carbocycles. The largest absolute Gasteiger partial charge is 0.294 e. The Morgan fingerprint density at radius 1 is 1.09 bits per heavy atom. The van der Waals surface area contributed by atoms with Crippen LogP contribution in [0.25, 0.3) is 5.65 Å².